The van der Waals surface area contributed by atoms with Crippen LogP contribution in [0.15, 0.2) is 5.38 Å². The average molecular weight is 284 g/mol. The first-order valence-electron chi connectivity index (χ1n) is 6.88. The minimum Gasteiger partial charge on any atom is -0.374 e. The second-order valence-corrected chi connectivity index (χ2v) is 7.93. The molecule has 1 aromatic rings. The molecule has 1 heterocycles. The van der Waals surface area contributed by atoms with Crippen LogP contribution in [0.1, 0.15) is 52.2 Å². The summed E-state index contributed by atoms with van der Waals surface area (Å²) >= 11 is 1.75. The van der Waals surface area contributed by atoms with Crippen molar-refractivity contribution in [2.45, 2.75) is 65.0 Å². The molecule has 0 amide bonds. The fourth-order valence-electron chi connectivity index (χ4n) is 1.55. The molecule has 1 N–H and O–H groups in total. The van der Waals surface area contributed by atoms with Crippen LogP contribution in [-0.4, -0.2) is 30.3 Å². The first kappa shape index (κ1) is 16.6. The molecule has 1 aromatic heterocycles. The van der Waals surface area contributed by atoms with Gasteiger partial charge in [0.05, 0.1) is 22.9 Å². The second kappa shape index (κ2) is 6.33. The maximum absolute atomic E-state index is 5.84. The third kappa shape index (κ3) is 6.02. The van der Waals surface area contributed by atoms with E-state index in [1.54, 1.807) is 11.3 Å². The molecule has 1 rings (SSSR count). The molecule has 1 unspecified atom stereocenters. The molecule has 4 heteroatoms. The number of likely N-dealkylation sites (N-methyl/N-ethyl adjacent to an activating group) is 1. The van der Waals surface area contributed by atoms with E-state index >= 15 is 0 Å². The van der Waals surface area contributed by atoms with Crippen LogP contribution in [0, 0.1) is 0 Å². The Hall–Kier alpha value is -0.450. The van der Waals surface area contributed by atoms with E-state index in [1.807, 2.05) is 7.05 Å². The minimum atomic E-state index is -0.0887. The maximum atomic E-state index is 5.84. The largest absolute Gasteiger partial charge is 0.374 e. The monoisotopic (exact) mass is 284 g/mol. The van der Waals surface area contributed by atoms with Crippen LogP contribution in [-0.2, 0) is 16.6 Å². The van der Waals surface area contributed by atoms with Crippen molar-refractivity contribution in [1.82, 2.24) is 10.3 Å². The van der Waals surface area contributed by atoms with Crippen molar-refractivity contribution in [1.29, 1.82) is 0 Å². The third-order valence-corrected chi connectivity index (χ3v) is 3.74. The summed E-state index contributed by atoms with van der Waals surface area (Å²) in [6.45, 7) is 13.6. The molecule has 19 heavy (non-hydrogen) atoms. The van der Waals surface area contributed by atoms with E-state index in [0.29, 0.717) is 12.6 Å². The molecular weight excluding hydrogens is 256 g/mol. The minimum absolute atomic E-state index is 0.0887. The van der Waals surface area contributed by atoms with Gasteiger partial charge in [0.2, 0.25) is 0 Å². The smallest absolute Gasteiger partial charge is 0.0944 e. The Balaban J connectivity index is 2.59. The van der Waals surface area contributed by atoms with Gasteiger partial charge in [0, 0.05) is 23.3 Å². The molecule has 1 atom stereocenters. The summed E-state index contributed by atoms with van der Waals surface area (Å²) in [5.41, 5.74) is 1.22. The van der Waals surface area contributed by atoms with Gasteiger partial charge in [-0.3, -0.25) is 0 Å². The Labute approximate surface area is 121 Å². The molecule has 0 aromatic carbocycles. The molecule has 0 aliphatic rings. The van der Waals surface area contributed by atoms with Gasteiger partial charge >= 0.3 is 0 Å². The van der Waals surface area contributed by atoms with Crippen molar-refractivity contribution in [3.63, 3.8) is 0 Å². The van der Waals surface area contributed by atoms with E-state index in [0.717, 1.165) is 6.42 Å². The standard InChI is InChI=1S/C15H28N2OS/c1-14(2,3)12-10-19-13(17-12)8-11(16-7)9-18-15(4,5)6/h10-11,16H,8-9H2,1-7H3. The van der Waals surface area contributed by atoms with E-state index in [9.17, 15) is 0 Å². The van der Waals surface area contributed by atoms with E-state index in [1.165, 1.54) is 10.7 Å². The zero-order chi connectivity index (χ0) is 14.7. The summed E-state index contributed by atoms with van der Waals surface area (Å²) in [6.07, 6.45) is 0.924. The van der Waals surface area contributed by atoms with Crippen LogP contribution < -0.4 is 5.32 Å². The summed E-state index contributed by atoms with van der Waals surface area (Å²) in [6, 6.07) is 0.318. The molecule has 0 bridgehead atoms. The highest BCUT2D eigenvalue weighted by Crippen LogP contribution is 2.24. The van der Waals surface area contributed by atoms with Crippen LogP contribution in [0.25, 0.3) is 0 Å². The molecule has 110 valence electrons. The first-order chi connectivity index (χ1) is 8.62. The van der Waals surface area contributed by atoms with Gasteiger partial charge in [-0.05, 0) is 27.8 Å². The van der Waals surface area contributed by atoms with Gasteiger partial charge < -0.3 is 10.1 Å². The van der Waals surface area contributed by atoms with E-state index in [2.05, 4.69) is 52.2 Å². The summed E-state index contributed by atoms with van der Waals surface area (Å²) in [5.74, 6) is 0. The van der Waals surface area contributed by atoms with Crippen molar-refractivity contribution in [2.24, 2.45) is 0 Å². The number of aromatic nitrogens is 1. The number of hydrogen-bond acceptors (Lipinski definition) is 4. The van der Waals surface area contributed by atoms with Crippen LogP contribution in [0.3, 0.4) is 0 Å². The molecule has 0 radical (unpaired) electrons. The quantitative estimate of drug-likeness (QED) is 0.900. The van der Waals surface area contributed by atoms with Gasteiger partial charge in [0.15, 0.2) is 0 Å². The molecular formula is C15H28N2OS. The number of rotatable bonds is 5. The predicted molar refractivity (Wildman–Crippen MR) is 83.1 cm³/mol. The Morgan fingerprint density at radius 3 is 2.32 bits per heavy atom. The molecule has 3 nitrogen and oxygen atoms in total. The fraction of sp³-hybridized carbons (Fsp3) is 0.800. The molecule has 0 aliphatic carbocycles. The van der Waals surface area contributed by atoms with E-state index in [4.69, 9.17) is 9.72 Å². The SMILES string of the molecule is CNC(COC(C)(C)C)Cc1nc(C(C)(C)C)cs1. The zero-order valence-electron chi connectivity index (χ0n) is 13.3. The van der Waals surface area contributed by atoms with Gasteiger partial charge in [0.1, 0.15) is 0 Å². The van der Waals surface area contributed by atoms with Crippen molar-refractivity contribution < 1.29 is 4.74 Å². The normalized spacial score (nSPS) is 14.7. The fourth-order valence-corrected chi connectivity index (χ4v) is 2.66. The average Bonchev–Trinajstić information content (AvgIpc) is 2.70. The number of nitrogens with one attached hydrogen (secondary N) is 1. The summed E-state index contributed by atoms with van der Waals surface area (Å²) < 4.78 is 5.84. The Morgan fingerprint density at radius 2 is 1.89 bits per heavy atom. The molecule has 0 fully saturated rings. The van der Waals surface area contributed by atoms with Gasteiger partial charge in [-0.15, -0.1) is 11.3 Å². The highest BCUT2D eigenvalue weighted by molar-refractivity contribution is 7.09. The lowest BCUT2D eigenvalue weighted by Gasteiger charge is -2.23. The number of ether oxygens (including phenoxy) is 1. The Kier molecular flexibility index (Phi) is 5.53. The first-order valence-corrected chi connectivity index (χ1v) is 7.76. The number of nitrogens with zero attached hydrogens (tertiary/aromatic N) is 1. The second-order valence-electron chi connectivity index (χ2n) is 6.99. The number of thiazole rings is 1. The van der Waals surface area contributed by atoms with Crippen LogP contribution in [0.5, 0.6) is 0 Å². The molecule has 0 saturated carbocycles. The third-order valence-electron chi connectivity index (χ3n) is 2.87. The lowest BCUT2D eigenvalue weighted by molar-refractivity contribution is -0.0134. The highest BCUT2D eigenvalue weighted by atomic mass is 32.1. The Bertz CT molecular complexity index is 388. The van der Waals surface area contributed by atoms with Crippen LogP contribution >= 0.6 is 11.3 Å². The van der Waals surface area contributed by atoms with Gasteiger partial charge in [-0.25, -0.2) is 4.98 Å². The topological polar surface area (TPSA) is 34.1 Å². The Morgan fingerprint density at radius 1 is 1.26 bits per heavy atom. The maximum Gasteiger partial charge on any atom is 0.0944 e. The van der Waals surface area contributed by atoms with Crippen molar-refractivity contribution in [3.05, 3.63) is 16.1 Å². The lowest BCUT2D eigenvalue weighted by atomic mass is 9.93. The zero-order valence-corrected chi connectivity index (χ0v) is 14.1. The van der Waals surface area contributed by atoms with Gasteiger partial charge in [-0.1, -0.05) is 20.8 Å². The van der Waals surface area contributed by atoms with Crippen LogP contribution in [0.4, 0.5) is 0 Å². The lowest BCUT2D eigenvalue weighted by Crippen LogP contribution is -2.36. The van der Waals surface area contributed by atoms with Crippen molar-refractivity contribution >= 4 is 11.3 Å². The highest BCUT2D eigenvalue weighted by Gasteiger charge is 2.20. The predicted octanol–water partition coefficient (Wildman–Crippen LogP) is 3.39. The summed E-state index contributed by atoms with van der Waals surface area (Å²) in [7, 11) is 1.98. The summed E-state index contributed by atoms with van der Waals surface area (Å²) in [4.78, 5) is 4.74. The summed E-state index contributed by atoms with van der Waals surface area (Å²) in [5, 5.41) is 6.67. The molecule has 0 spiro atoms. The van der Waals surface area contributed by atoms with Gasteiger partial charge in [-0.2, -0.15) is 0 Å². The van der Waals surface area contributed by atoms with Crippen molar-refractivity contribution in [2.75, 3.05) is 13.7 Å². The van der Waals surface area contributed by atoms with E-state index in [-0.39, 0.29) is 11.0 Å². The van der Waals surface area contributed by atoms with E-state index < -0.39 is 0 Å². The van der Waals surface area contributed by atoms with Gasteiger partial charge in [0.25, 0.3) is 0 Å². The number of hydrogen-bond donors (Lipinski definition) is 1. The van der Waals surface area contributed by atoms with Crippen LogP contribution in [0.2, 0.25) is 0 Å². The van der Waals surface area contributed by atoms with Crippen molar-refractivity contribution in [3.8, 4) is 0 Å². The molecule has 0 saturated heterocycles. The molecule has 0 aliphatic heterocycles.